The molecule has 148 valence electrons. The standard InChI is InChI=1S/C24H32N4/c1-3-15-27-16-14-23-22(18-27)24(26-25-23)20-10-12-21(13-11-20)28(4-2)17-19-8-6-5-7-9-19/h5-13,22,24,26H,3-4,14-18H2,1-2H3. The van der Waals surface area contributed by atoms with E-state index < -0.39 is 0 Å². The van der Waals surface area contributed by atoms with Crippen LogP contribution in [0.15, 0.2) is 59.7 Å². The number of likely N-dealkylation sites (tertiary alicyclic amines) is 1. The summed E-state index contributed by atoms with van der Waals surface area (Å²) in [5.74, 6) is 0.512. The van der Waals surface area contributed by atoms with Gasteiger partial charge in [-0.3, -0.25) is 0 Å². The van der Waals surface area contributed by atoms with E-state index in [0.717, 1.165) is 32.6 Å². The number of nitrogens with zero attached hydrogens (tertiary/aromatic N) is 3. The van der Waals surface area contributed by atoms with Crippen molar-refractivity contribution in [1.29, 1.82) is 0 Å². The molecule has 1 fully saturated rings. The van der Waals surface area contributed by atoms with Gasteiger partial charge in [-0.25, -0.2) is 0 Å². The van der Waals surface area contributed by atoms with Gasteiger partial charge in [0.2, 0.25) is 0 Å². The number of piperidine rings is 1. The number of benzene rings is 2. The molecule has 0 radical (unpaired) electrons. The lowest BCUT2D eigenvalue weighted by Gasteiger charge is -2.33. The van der Waals surface area contributed by atoms with Crippen LogP contribution in [-0.2, 0) is 6.54 Å². The maximum Gasteiger partial charge on any atom is 0.0782 e. The zero-order valence-electron chi connectivity index (χ0n) is 17.1. The minimum Gasteiger partial charge on any atom is -0.367 e. The Kier molecular flexibility index (Phi) is 5.96. The van der Waals surface area contributed by atoms with E-state index in [-0.39, 0.29) is 0 Å². The highest BCUT2D eigenvalue weighted by molar-refractivity contribution is 5.89. The third-order valence-corrected chi connectivity index (χ3v) is 6.07. The van der Waals surface area contributed by atoms with Crippen LogP contribution in [-0.4, -0.2) is 36.8 Å². The number of anilines is 1. The zero-order valence-corrected chi connectivity index (χ0v) is 17.1. The molecular formula is C24H32N4. The second-order valence-corrected chi connectivity index (χ2v) is 7.96. The van der Waals surface area contributed by atoms with Crippen LogP contribution in [0.25, 0.3) is 0 Å². The molecule has 2 aromatic rings. The third kappa shape index (κ3) is 4.07. The molecule has 4 rings (SSSR count). The van der Waals surface area contributed by atoms with Crippen LogP contribution in [0.4, 0.5) is 5.69 Å². The van der Waals surface area contributed by atoms with Gasteiger partial charge in [-0.05, 0) is 43.1 Å². The molecule has 0 saturated carbocycles. The molecule has 4 heteroatoms. The summed E-state index contributed by atoms with van der Waals surface area (Å²) in [6.07, 6.45) is 2.33. The van der Waals surface area contributed by atoms with E-state index in [1.165, 1.54) is 35.5 Å². The Hall–Kier alpha value is -2.33. The van der Waals surface area contributed by atoms with Gasteiger partial charge in [-0.1, -0.05) is 49.4 Å². The van der Waals surface area contributed by atoms with Crippen molar-refractivity contribution in [2.24, 2.45) is 11.0 Å². The van der Waals surface area contributed by atoms with Crippen LogP contribution in [0, 0.1) is 5.92 Å². The van der Waals surface area contributed by atoms with Gasteiger partial charge in [-0.15, -0.1) is 0 Å². The quantitative estimate of drug-likeness (QED) is 0.775. The van der Waals surface area contributed by atoms with Gasteiger partial charge in [0.1, 0.15) is 0 Å². The Labute approximate surface area is 169 Å². The molecule has 2 aliphatic rings. The first-order valence-electron chi connectivity index (χ1n) is 10.7. The molecule has 2 aromatic carbocycles. The molecule has 2 atom stereocenters. The van der Waals surface area contributed by atoms with Crippen LogP contribution >= 0.6 is 0 Å². The van der Waals surface area contributed by atoms with Crippen molar-refractivity contribution in [2.45, 2.75) is 39.3 Å². The molecule has 2 heterocycles. The van der Waals surface area contributed by atoms with Crippen molar-refractivity contribution in [1.82, 2.24) is 10.3 Å². The molecule has 0 spiro atoms. The van der Waals surface area contributed by atoms with Gasteiger partial charge in [0, 0.05) is 49.9 Å². The predicted octanol–water partition coefficient (Wildman–Crippen LogP) is 4.45. The number of rotatable bonds is 7. The van der Waals surface area contributed by atoms with Crippen molar-refractivity contribution >= 4 is 11.4 Å². The maximum absolute atomic E-state index is 4.67. The minimum atomic E-state index is 0.313. The highest BCUT2D eigenvalue weighted by atomic mass is 15.4. The molecule has 28 heavy (non-hydrogen) atoms. The Morgan fingerprint density at radius 2 is 1.86 bits per heavy atom. The molecule has 0 aliphatic carbocycles. The normalized spacial score (nSPS) is 21.7. The fourth-order valence-corrected chi connectivity index (χ4v) is 4.52. The molecule has 2 unspecified atom stereocenters. The van der Waals surface area contributed by atoms with Gasteiger partial charge in [0.05, 0.1) is 6.04 Å². The molecule has 4 nitrogen and oxygen atoms in total. The Bertz CT molecular complexity index is 784. The van der Waals surface area contributed by atoms with E-state index in [1.54, 1.807) is 0 Å². The number of hydrogen-bond donors (Lipinski definition) is 1. The second-order valence-electron chi connectivity index (χ2n) is 7.96. The Morgan fingerprint density at radius 1 is 1.07 bits per heavy atom. The first-order valence-corrected chi connectivity index (χ1v) is 10.7. The van der Waals surface area contributed by atoms with Crippen LogP contribution in [0.5, 0.6) is 0 Å². The number of hydrogen-bond acceptors (Lipinski definition) is 4. The SMILES string of the molecule is CCCN1CCC2=NNC(c3ccc(N(CC)Cc4ccccc4)cc3)C2C1. The largest absolute Gasteiger partial charge is 0.367 e. The summed E-state index contributed by atoms with van der Waals surface area (Å²) in [5.41, 5.74) is 8.77. The monoisotopic (exact) mass is 376 g/mol. The summed E-state index contributed by atoms with van der Waals surface area (Å²) in [5, 5.41) is 4.67. The smallest absolute Gasteiger partial charge is 0.0782 e. The van der Waals surface area contributed by atoms with E-state index in [1.807, 2.05) is 0 Å². The van der Waals surface area contributed by atoms with Crippen molar-refractivity contribution in [3.63, 3.8) is 0 Å². The highest BCUT2D eigenvalue weighted by Crippen LogP contribution is 2.33. The number of hydrazone groups is 1. The van der Waals surface area contributed by atoms with Gasteiger partial charge >= 0.3 is 0 Å². The summed E-state index contributed by atoms with van der Waals surface area (Å²) >= 11 is 0. The molecule has 1 N–H and O–H groups in total. The lowest BCUT2D eigenvalue weighted by Crippen LogP contribution is -2.42. The number of nitrogens with one attached hydrogen (secondary N) is 1. The Balaban J connectivity index is 1.45. The van der Waals surface area contributed by atoms with Crippen molar-refractivity contribution < 1.29 is 0 Å². The van der Waals surface area contributed by atoms with Crippen molar-refractivity contribution in [2.75, 3.05) is 31.1 Å². The van der Waals surface area contributed by atoms with Gasteiger partial charge < -0.3 is 15.2 Å². The maximum atomic E-state index is 4.67. The fraction of sp³-hybridized carbons (Fsp3) is 0.458. The first-order chi connectivity index (χ1) is 13.8. The summed E-state index contributed by atoms with van der Waals surface area (Å²) in [6, 6.07) is 20.1. The van der Waals surface area contributed by atoms with Crippen LogP contribution in [0.1, 0.15) is 43.9 Å². The summed E-state index contributed by atoms with van der Waals surface area (Å²) in [4.78, 5) is 5.02. The lowest BCUT2D eigenvalue weighted by atomic mass is 9.86. The minimum absolute atomic E-state index is 0.313. The molecule has 0 aromatic heterocycles. The van der Waals surface area contributed by atoms with Crippen LogP contribution in [0.2, 0.25) is 0 Å². The summed E-state index contributed by atoms with van der Waals surface area (Å²) in [7, 11) is 0. The summed E-state index contributed by atoms with van der Waals surface area (Å²) < 4.78 is 0. The lowest BCUT2D eigenvalue weighted by molar-refractivity contribution is 0.228. The van der Waals surface area contributed by atoms with E-state index in [4.69, 9.17) is 0 Å². The average Bonchev–Trinajstić information content (AvgIpc) is 3.16. The van der Waals surface area contributed by atoms with E-state index in [2.05, 4.69) is 88.8 Å². The second kappa shape index (κ2) is 8.78. The molecule has 1 saturated heterocycles. The topological polar surface area (TPSA) is 30.9 Å². The number of fused-ring (bicyclic) bond motifs is 1. The molecule has 0 amide bonds. The summed E-state index contributed by atoms with van der Waals surface area (Å²) in [6.45, 7) is 9.91. The van der Waals surface area contributed by atoms with Gasteiger partial charge in [0.15, 0.2) is 0 Å². The molecule has 2 aliphatic heterocycles. The van der Waals surface area contributed by atoms with E-state index >= 15 is 0 Å². The molecule has 0 bridgehead atoms. The predicted molar refractivity (Wildman–Crippen MR) is 118 cm³/mol. The Morgan fingerprint density at radius 3 is 2.57 bits per heavy atom. The van der Waals surface area contributed by atoms with Gasteiger partial charge in [-0.2, -0.15) is 5.10 Å². The van der Waals surface area contributed by atoms with Crippen molar-refractivity contribution in [3.8, 4) is 0 Å². The molecular weight excluding hydrogens is 344 g/mol. The van der Waals surface area contributed by atoms with Gasteiger partial charge in [0.25, 0.3) is 0 Å². The first kappa shape index (κ1) is 19.0. The highest BCUT2D eigenvalue weighted by Gasteiger charge is 2.36. The van der Waals surface area contributed by atoms with E-state index in [9.17, 15) is 0 Å². The van der Waals surface area contributed by atoms with Crippen LogP contribution < -0.4 is 10.3 Å². The third-order valence-electron chi connectivity index (χ3n) is 6.07. The fourth-order valence-electron chi connectivity index (χ4n) is 4.52. The zero-order chi connectivity index (χ0) is 19.3. The van der Waals surface area contributed by atoms with E-state index in [0.29, 0.717) is 12.0 Å². The van der Waals surface area contributed by atoms with Crippen molar-refractivity contribution in [3.05, 3.63) is 65.7 Å². The van der Waals surface area contributed by atoms with Crippen LogP contribution in [0.3, 0.4) is 0 Å². The average molecular weight is 377 g/mol.